The van der Waals surface area contributed by atoms with Crippen molar-refractivity contribution < 1.29 is 5.11 Å². The van der Waals surface area contributed by atoms with Crippen LogP contribution in [0.3, 0.4) is 0 Å². The van der Waals surface area contributed by atoms with E-state index in [0.29, 0.717) is 12.0 Å². The van der Waals surface area contributed by atoms with Gasteiger partial charge in [-0.3, -0.25) is 0 Å². The van der Waals surface area contributed by atoms with Crippen molar-refractivity contribution in [2.75, 3.05) is 6.54 Å². The second-order valence-electron chi connectivity index (χ2n) is 4.96. The molecule has 0 aliphatic heterocycles. The van der Waals surface area contributed by atoms with Gasteiger partial charge in [0.15, 0.2) is 0 Å². The number of hydrogen-bond acceptors (Lipinski definition) is 2. The summed E-state index contributed by atoms with van der Waals surface area (Å²) in [4.78, 5) is 0. The first-order valence-corrected chi connectivity index (χ1v) is 6.06. The quantitative estimate of drug-likeness (QED) is 0.658. The van der Waals surface area contributed by atoms with Gasteiger partial charge in [0.2, 0.25) is 0 Å². The molecule has 1 aliphatic carbocycles. The van der Waals surface area contributed by atoms with Gasteiger partial charge in [0.25, 0.3) is 0 Å². The topological polar surface area (TPSA) is 32.3 Å². The van der Waals surface area contributed by atoms with Crippen molar-refractivity contribution in [2.45, 2.75) is 58.6 Å². The van der Waals surface area contributed by atoms with E-state index >= 15 is 0 Å². The second-order valence-corrected chi connectivity index (χ2v) is 4.96. The van der Waals surface area contributed by atoms with Gasteiger partial charge in [-0.15, -0.1) is 0 Å². The Kier molecular flexibility index (Phi) is 4.90. The van der Waals surface area contributed by atoms with Gasteiger partial charge in [-0.2, -0.15) is 0 Å². The van der Waals surface area contributed by atoms with Crippen LogP contribution in [0.25, 0.3) is 0 Å². The number of aliphatic hydroxyl groups excluding tert-OH is 1. The van der Waals surface area contributed by atoms with Gasteiger partial charge in [0.05, 0.1) is 6.10 Å². The first-order chi connectivity index (χ1) is 6.65. The van der Waals surface area contributed by atoms with Crippen LogP contribution < -0.4 is 5.32 Å². The number of hydrogen-bond donors (Lipinski definition) is 2. The third kappa shape index (κ3) is 3.97. The molecule has 84 valence electrons. The van der Waals surface area contributed by atoms with E-state index in [0.717, 1.165) is 25.3 Å². The lowest BCUT2D eigenvalue weighted by Crippen LogP contribution is -2.40. The normalized spacial score (nSPS) is 21.2. The highest BCUT2D eigenvalue weighted by Crippen LogP contribution is 2.35. The van der Waals surface area contributed by atoms with Gasteiger partial charge < -0.3 is 10.4 Å². The fourth-order valence-electron chi connectivity index (χ4n) is 2.11. The summed E-state index contributed by atoms with van der Waals surface area (Å²) < 4.78 is 0. The van der Waals surface area contributed by atoms with Crippen LogP contribution in [0.15, 0.2) is 0 Å². The highest BCUT2D eigenvalue weighted by Gasteiger charge is 2.32. The minimum Gasteiger partial charge on any atom is -0.392 e. The average Bonchev–Trinajstić information content (AvgIpc) is 2.88. The van der Waals surface area contributed by atoms with Gasteiger partial charge in [-0.05, 0) is 31.1 Å². The van der Waals surface area contributed by atoms with Crippen molar-refractivity contribution in [3.05, 3.63) is 0 Å². The van der Waals surface area contributed by atoms with Crippen LogP contribution >= 0.6 is 0 Å². The zero-order valence-corrected chi connectivity index (χ0v) is 9.79. The summed E-state index contributed by atoms with van der Waals surface area (Å²) >= 11 is 0. The van der Waals surface area contributed by atoms with Crippen LogP contribution in [-0.2, 0) is 0 Å². The predicted octanol–water partition coefficient (Wildman–Crippen LogP) is 2.17. The molecule has 2 unspecified atom stereocenters. The molecule has 1 fully saturated rings. The van der Waals surface area contributed by atoms with E-state index in [1.54, 1.807) is 0 Å². The van der Waals surface area contributed by atoms with Crippen LogP contribution in [-0.4, -0.2) is 23.8 Å². The Balaban J connectivity index is 2.19. The molecule has 0 radical (unpaired) electrons. The SMILES string of the molecule is CCCC(O)CNC(C(C)C)C1CC1. The van der Waals surface area contributed by atoms with Crippen molar-refractivity contribution >= 4 is 0 Å². The van der Waals surface area contributed by atoms with Crippen molar-refractivity contribution in [3.63, 3.8) is 0 Å². The molecular weight excluding hydrogens is 174 g/mol. The number of nitrogens with one attached hydrogen (secondary N) is 1. The van der Waals surface area contributed by atoms with Gasteiger partial charge >= 0.3 is 0 Å². The monoisotopic (exact) mass is 199 g/mol. The van der Waals surface area contributed by atoms with Crippen LogP contribution in [0.4, 0.5) is 0 Å². The molecule has 0 aromatic rings. The molecule has 2 nitrogen and oxygen atoms in total. The fourth-order valence-corrected chi connectivity index (χ4v) is 2.11. The van der Waals surface area contributed by atoms with Crippen molar-refractivity contribution in [2.24, 2.45) is 11.8 Å². The molecule has 0 spiro atoms. The molecule has 14 heavy (non-hydrogen) atoms. The Hall–Kier alpha value is -0.0800. The van der Waals surface area contributed by atoms with E-state index in [1.807, 2.05) is 0 Å². The second kappa shape index (κ2) is 5.72. The molecule has 0 aromatic carbocycles. The highest BCUT2D eigenvalue weighted by atomic mass is 16.3. The van der Waals surface area contributed by atoms with Gasteiger partial charge in [0.1, 0.15) is 0 Å². The van der Waals surface area contributed by atoms with E-state index in [-0.39, 0.29) is 6.10 Å². The predicted molar refractivity (Wildman–Crippen MR) is 60.3 cm³/mol. The summed E-state index contributed by atoms with van der Waals surface area (Å²) in [5.74, 6) is 1.57. The summed E-state index contributed by atoms with van der Waals surface area (Å²) in [6.07, 6.45) is 4.58. The summed E-state index contributed by atoms with van der Waals surface area (Å²) in [5, 5.41) is 13.1. The number of rotatable bonds is 7. The van der Waals surface area contributed by atoms with E-state index in [9.17, 15) is 5.11 Å². The Labute approximate surface area is 88.1 Å². The Bertz CT molecular complexity index is 152. The zero-order chi connectivity index (χ0) is 10.6. The smallest absolute Gasteiger partial charge is 0.0664 e. The third-order valence-corrected chi connectivity index (χ3v) is 3.06. The maximum atomic E-state index is 9.62. The Morgan fingerprint density at radius 1 is 1.36 bits per heavy atom. The largest absolute Gasteiger partial charge is 0.392 e. The zero-order valence-electron chi connectivity index (χ0n) is 9.79. The van der Waals surface area contributed by atoms with Crippen molar-refractivity contribution in [1.29, 1.82) is 0 Å². The first kappa shape index (κ1) is 12.0. The van der Waals surface area contributed by atoms with Crippen LogP contribution in [0, 0.1) is 11.8 Å². The lowest BCUT2D eigenvalue weighted by molar-refractivity contribution is 0.150. The minimum absolute atomic E-state index is 0.153. The van der Waals surface area contributed by atoms with Gasteiger partial charge in [-0.25, -0.2) is 0 Å². The summed E-state index contributed by atoms with van der Waals surface area (Å²) in [7, 11) is 0. The summed E-state index contributed by atoms with van der Waals surface area (Å²) in [5.41, 5.74) is 0. The minimum atomic E-state index is -0.153. The molecule has 1 rings (SSSR count). The van der Waals surface area contributed by atoms with Crippen LogP contribution in [0.1, 0.15) is 46.5 Å². The summed E-state index contributed by atoms with van der Waals surface area (Å²) in [6, 6.07) is 0.626. The molecule has 2 heteroatoms. The number of aliphatic hydroxyl groups is 1. The molecular formula is C12H25NO. The standard InChI is InChI=1S/C12H25NO/c1-4-5-11(14)8-13-12(9(2)3)10-6-7-10/h9-14H,4-8H2,1-3H3. The molecule has 2 atom stereocenters. The maximum absolute atomic E-state index is 9.62. The Morgan fingerprint density at radius 3 is 2.43 bits per heavy atom. The van der Waals surface area contributed by atoms with Gasteiger partial charge in [-0.1, -0.05) is 27.2 Å². The van der Waals surface area contributed by atoms with Crippen molar-refractivity contribution in [3.8, 4) is 0 Å². The molecule has 0 bridgehead atoms. The molecule has 2 N–H and O–H groups in total. The van der Waals surface area contributed by atoms with Crippen LogP contribution in [0.2, 0.25) is 0 Å². The van der Waals surface area contributed by atoms with E-state index in [4.69, 9.17) is 0 Å². The molecule has 0 aromatic heterocycles. The van der Waals surface area contributed by atoms with Crippen molar-refractivity contribution in [1.82, 2.24) is 5.32 Å². The van der Waals surface area contributed by atoms with E-state index in [1.165, 1.54) is 12.8 Å². The van der Waals surface area contributed by atoms with E-state index in [2.05, 4.69) is 26.1 Å². The summed E-state index contributed by atoms with van der Waals surface area (Å²) in [6.45, 7) is 7.42. The molecule has 0 saturated heterocycles. The fraction of sp³-hybridized carbons (Fsp3) is 1.00. The first-order valence-electron chi connectivity index (χ1n) is 6.06. The average molecular weight is 199 g/mol. The van der Waals surface area contributed by atoms with E-state index < -0.39 is 0 Å². The Morgan fingerprint density at radius 2 is 2.00 bits per heavy atom. The molecule has 1 saturated carbocycles. The molecule has 0 amide bonds. The highest BCUT2D eigenvalue weighted by molar-refractivity contribution is 4.88. The lowest BCUT2D eigenvalue weighted by atomic mass is 9.99. The lowest BCUT2D eigenvalue weighted by Gasteiger charge is -2.23. The van der Waals surface area contributed by atoms with Gasteiger partial charge in [0, 0.05) is 12.6 Å². The van der Waals surface area contributed by atoms with Crippen LogP contribution in [0.5, 0.6) is 0 Å². The third-order valence-electron chi connectivity index (χ3n) is 3.06. The maximum Gasteiger partial charge on any atom is 0.0664 e. The molecule has 1 aliphatic rings. The molecule has 0 heterocycles.